The molecule has 2 unspecified atom stereocenters. The van der Waals surface area contributed by atoms with Crippen LogP contribution in [0.5, 0.6) is 5.75 Å². The molecule has 7 heteroatoms. The van der Waals surface area contributed by atoms with E-state index in [1.165, 1.54) is 6.42 Å². The molecular formula is C25H30ClN3O3. The zero-order chi connectivity index (χ0) is 22.5. The number of piperidine rings is 2. The van der Waals surface area contributed by atoms with E-state index < -0.39 is 0 Å². The lowest BCUT2D eigenvalue weighted by molar-refractivity contribution is -0.124. The number of methoxy groups -OCH3 is 1. The van der Waals surface area contributed by atoms with Crippen molar-refractivity contribution in [3.8, 4) is 5.75 Å². The molecule has 2 N–H and O–H groups in total. The van der Waals surface area contributed by atoms with Gasteiger partial charge in [0.05, 0.1) is 20.1 Å². The van der Waals surface area contributed by atoms with Crippen LogP contribution in [0.25, 0.3) is 0 Å². The Morgan fingerprint density at radius 1 is 1.06 bits per heavy atom. The lowest BCUT2D eigenvalue weighted by Crippen LogP contribution is -2.58. The van der Waals surface area contributed by atoms with Crippen LogP contribution in [0.2, 0.25) is 5.02 Å². The van der Waals surface area contributed by atoms with Crippen molar-refractivity contribution in [1.82, 2.24) is 10.2 Å². The number of ether oxygens (including phenoxy) is 1. The molecule has 0 aliphatic carbocycles. The molecule has 2 fully saturated rings. The Morgan fingerprint density at radius 3 is 2.47 bits per heavy atom. The first-order chi connectivity index (χ1) is 15.5. The van der Waals surface area contributed by atoms with Crippen LogP contribution in [0.3, 0.4) is 0 Å². The molecule has 2 aliphatic heterocycles. The maximum absolute atomic E-state index is 12.6. The van der Waals surface area contributed by atoms with Crippen LogP contribution in [-0.2, 0) is 16.0 Å². The van der Waals surface area contributed by atoms with Crippen LogP contribution in [-0.4, -0.2) is 48.5 Å². The average Bonchev–Trinajstić information content (AvgIpc) is 2.76. The quantitative estimate of drug-likeness (QED) is 0.661. The van der Waals surface area contributed by atoms with Gasteiger partial charge in [-0.15, -0.1) is 0 Å². The fourth-order valence-electron chi connectivity index (χ4n) is 5.00. The Morgan fingerprint density at radius 2 is 1.78 bits per heavy atom. The maximum atomic E-state index is 12.6. The Bertz CT molecular complexity index is 936. The maximum Gasteiger partial charge on any atom is 0.238 e. The molecule has 0 spiro atoms. The molecule has 2 heterocycles. The minimum atomic E-state index is -0.00951. The van der Waals surface area contributed by atoms with Gasteiger partial charge in [-0.2, -0.15) is 0 Å². The van der Waals surface area contributed by atoms with Gasteiger partial charge in [-0.1, -0.05) is 30.2 Å². The summed E-state index contributed by atoms with van der Waals surface area (Å²) in [7, 11) is 1.63. The topological polar surface area (TPSA) is 70.7 Å². The highest BCUT2D eigenvalue weighted by atomic mass is 35.5. The Hall–Kier alpha value is -2.57. The van der Waals surface area contributed by atoms with Crippen LogP contribution in [0.15, 0.2) is 48.5 Å². The van der Waals surface area contributed by atoms with Crippen LogP contribution < -0.4 is 15.4 Å². The standard InChI is InChI=1S/C25H30ClN3O3/c1-32-23-7-2-4-17(12-23)13-24(30)28-20-14-21-5-3-6-22(15-20)29(21)16-25(31)27-19-10-8-18(26)9-11-19/h2,4,7-12,20-22H,3,5-6,13-16H2,1H3,(H,27,31)(H,28,30). The number of benzene rings is 2. The number of fused-ring (bicyclic) bond motifs is 2. The van der Waals surface area contributed by atoms with E-state index in [1.54, 1.807) is 19.2 Å². The summed E-state index contributed by atoms with van der Waals surface area (Å²) in [5.74, 6) is 0.787. The molecule has 2 atom stereocenters. The first kappa shape index (κ1) is 22.6. The van der Waals surface area contributed by atoms with Crippen molar-refractivity contribution >= 4 is 29.1 Å². The number of hydrogen-bond donors (Lipinski definition) is 2. The monoisotopic (exact) mass is 455 g/mol. The zero-order valence-electron chi connectivity index (χ0n) is 18.4. The van der Waals surface area contributed by atoms with E-state index in [9.17, 15) is 9.59 Å². The predicted molar refractivity (Wildman–Crippen MR) is 126 cm³/mol. The van der Waals surface area contributed by atoms with E-state index >= 15 is 0 Å². The second kappa shape index (κ2) is 10.4. The largest absolute Gasteiger partial charge is 0.497 e. The van der Waals surface area contributed by atoms with Crippen molar-refractivity contribution in [3.05, 3.63) is 59.1 Å². The molecular weight excluding hydrogens is 426 g/mol. The Balaban J connectivity index is 1.31. The molecule has 0 saturated carbocycles. The molecule has 0 aromatic heterocycles. The third kappa shape index (κ3) is 5.81. The summed E-state index contributed by atoms with van der Waals surface area (Å²) >= 11 is 5.92. The smallest absolute Gasteiger partial charge is 0.238 e. The van der Waals surface area contributed by atoms with E-state index in [0.29, 0.717) is 30.1 Å². The molecule has 32 heavy (non-hydrogen) atoms. The minimum Gasteiger partial charge on any atom is -0.497 e. The van der Waals surface area contributed by atoms with E-state index in [4.69, 9.17) is 16.3 Å². The summed E-state index contributed by atoms with van der Waals surface area (Å²) in [6.45, 7) is 0.377. The SMILES string of the molecule is COc1cccc(CC(=O)NC2CC3CCCC(C2)N3CC(=O)Nc2ccc(Cl)cc2)c1. The number of hydrogen-bond acceptors (Lipinski definition) is 4. The van der Waals surface area contributed by atoms with E-state index in [2.05, 4.69) is 15.5 Å². The summed E-state index contributed by atoms with van der Waals surface area (Å²) in [6.07, 6.45) is 5.41. The van der Waals surface area contributed by atoms with Gasteiger partial charge in [0.25, 0.3) is 0 Å². The molecule has 2 aliphatic rings. The van der Waals surface area contributed by atoms with E-state index in [1.807, 2.05) is 36.4 Å². The van der Waals surface area contributed by atoms with Gasteiger partial charge < -0.3 is 15.4 Å². The number of nitrogens with one attached hydrogen (secondary N) is 2. The van der Waals surface area contributed by atoms with Gasteiger partial charge in [0.1, 0.15) is 5.75 Å². The number of carbonyl (C=O) groups is 2. The van der Waals surface area contributed by atoms with Crippen LogP contribution in [0.4, 0.5) is 5.69 Å². The fourth-order valence-corrected chi connectivity index (χ4v) is 5.13. The fraction of sp³-hybridized carbons (Fsp3) is 0.440. The van der Waals surface area contributed by atoms with Crippen molar-refractivity contribution in [2.45, 2.75) is 56.7 Å². The van der Waals surface area contributed by atoms with Gasteiger partial charge in [0, 0.05) is 28.8 Å². The lowest BCUT2D eigenvalue weighted by atomic mass is 9.81. The van der Waals surface area contributed by atoms with Crippen molar-refractivity contribution < 1.29 is 14.3 Å². The summed E-state index contributed by atoms with van der Waals surface area (Å²) < 4.78 is 5.25. The summed E-state index contributed by atoms with van der Waals surface area (Å²) in [5.41, 5.74) is 1.70. The summed E-state index contributed by atoms with van der Waals surface area (Å²) in [4.78, 5) is 27.6. The Labute approximate surface area is 194 Å². The van der Waals surface area contributed by atoms with Gasteiger partial charge in [-0.3, -0.25) is 14.5 Å². The zero-order valence-corrected chi connectivity index (χ0v) is 19.1. The lowest BCUT2D eigenvalue weighted by Gasteiger charge is -2.48. The number of amides is 2. The molecule has 2 aromatic carbocycles. The molecule has 2 bridgehead atoms. The molecule has 0 radical (unpaired) electrons. The molecule has 6 nitrogen and oxygen atoms in total. The van der Waals surface area contributed by atoms with Crippen LogP contribution in [0, 0.1) is 0 Å². The third-order valence-electron chi connectivity index (χ3n) is 6.44. The molecule has 2 aromatic rings. The van der Waals surface area contributed by atoms with Gasteiger partial charge >= 0.3 is 0 Å². The molecule has 170 valence electrons. The van der Waals surface area contributed by atoms with Crippen molar-refractivity contribution in [1.29, 1.82) is 0 Å². The van der Waals surface area contributed by atoms with Crippen molar-refractivity contribution in [2.24, 2.45) is 0 Å². The summed E-state index contributed by atoms with van der Waals surface area (Å²) in [5, 5.41) is 6.85. The minimum absolute atomic E-state index is 0.00951. The highest BCUT2D eigenvalue weighted by molar-refractivity contribution is 6.30. The van der Waals surface area contributed by atoms with Gasteiger partial charge in [-0.25, -0.2) is 0 Å². The first-order valence-corrected chi connectivity index (χ1v) is 11.6. The van der Waals surface area contributed by atoms with Gasteiger partial charge in [0.2, 0.25) is 11.8 Å². The molecule has 2 amide bonds. The number of carbonyl (C=O) groups excluding carboxylic acids is 2. The Kier molecular flexibility index (Phi) is 7.33. The number of rotatable bonds is 7. The van der Waals surface area contributed by atoms with Crippen LogP contribution >= 0.6 is 11.6 Å². The third-order valence-corrected chi connectivity index (χ3v) is 6.70. The first-order valence-electron chi connectivity index (χ1n) is 11.2. The average molecular weight is 456 g/mol. The second-order valence-electron chi connectivity index (χ2n) is 8.73. The number of nitrogens with zero attached hydrogens (tertiary/aromatic N) is 1. The van der Waals surface area contributed by atoms with Gasteiger partial charge in [-0.05, 0) is 67.6 Å². The normalized spacial score (nSPS) is 22.8. The number of halogens is 1. The van der Waals surface area contributed by atoms with Crippen LogP contribution in [0.1, 0.15) is 37.7 Å². The van der Waals surface area contributed by atoms with Gasteiger partial charge in [0.15, 0.2) is 0 Å². The second-order valence-corrected chi connectivity index (χ2v) is 9.17. The molecule has 2 saturated heterocycles. The molecule has 4 rings (SSSR count). The predicted octanol–water partition coefficient (Wildman–Crippen LogP) is 4.03. The highest BCUT2D eigenvalue weighted by Crippen LogP contribution is 2.34. The van der Waals surface area contributed by atoms with Crippen molar-refractivity contribution in [3.63, 3.8) is 0 Å². The van der Waals surface area contributed by atoms with E-state index in [0.717, 1.165) is 42.7 Å². The number of anilines is 1. The van der Waals surface area contributed by atoms with Crippen molar-refractivity contribution in [2.75, 3.05) is 19.0 Å². The van der Waals surface area contributed by atoms with E-state index in [-0.39, 0.29) is 17.9 Å². The summed E-state index contributed by atoms with van der Waals surface area (Å²) in [6, 6.07) is 15.6. The highest BCUT2D eigenvalue weighted by Gasteiger charge is 2.39.